The van der Waals surface area contributed by atoms with Gasteiger partial charge in [0.15, 0.2) is 0 Å². The Morgan fingerprint density at radius 2 is 2.05 bits per heavy atom. The first-order valence-electron chi connectivity index (χ1n) is 5.94. The van der Waals surface area contributed by atoms with Crippen LogP contribution in [0.5, 0.6) is 5.75 Å². The number of nitrogens with two attached hydrogens (primary N) is 1. The van der Waals surface area contributed by atoms with Crippen molar-refractivity contribution in [3.63, 3.8) is 0 Å². The number of hydrogen-bond acceptors (Lipinski definition) is 4. The summed E-state index contributed by atoms with van der Waals surface area (Å²) in [5.74, 6) is -0.296. The highest BCUT2D eigenvalue weighted by atomic mass is 35.5. The minimum Gasteiger partial charge on any atom is -0.497 e. The van der Waals surface area contributed by atoms with Gasteiger partial charge in [-0.3, -0.25) is 9.59 Å². The first-order chi connectivity index (χ1) is 9.03. The SMILES string of the molecule is CNC(=O)c1cc(OC)ccc1NC(=O)C(C)CN.Cl. The van der Waals surface area contributed by atoms with Gasteiger partial charge < -0.3 is 21.1 Å². The molecule has 0 saturated carbocycles. The monoisotopic (exact) mass is 301 g/mol. The van der Waals surface area contributed by atoms with E-state index in [0.717, 1.165) is 0 Å². The van der Waals surface area contributed by atoms with Crippen molar-refractivity contribution in [3.05, 3.63) is 23.8 Å². The molecule has 4 N–H and O–H groups in total. The van der Waals surface area contributed by atoms with Gasteiger partial charge in [-0.05, 0) is 18.2 Å². The van der Waals surface area contributed by atoms with Crippen LogP contribution in [0.4, 0.5) is 5.69 Å². The molecule has 0 aliphatic rings. The maximum Gasteiger partial charge on any atom is 0.253 e. The molecule has 0 fully saturated rings. The summed E-state index contributed by atoms with van der Waals surface area (Å²) < 4.78 is 5.07. The second kappa shape index (κ2) is 8.39. The fraction of sp³-hybridized carbons (Fsp3) is 0.385. The lowest BCUT2D eigenvalue weighted by molar-refractivity contribution is -0.119. The number of carbonyl (C=O) groups excluding carboxylic acids is 2. The predicted octanol–water partition coefficient (Wildman–Crippen LogP) is 1.01. The molecule has 0 aliphatic heterocycles. The van der Waals surface area contributed by atoms with Gasteiger partial charge in [-0.1, -0.05) is 6.92 Å². The van der Waals surface area contributed by atoms with Crippen LogP contribution in [0.25, 0.3) is 0 Å². The van der Waals surface area contributed by atoms with Crippen molar-refractivity contribution in [1.82, 2.24) is 5.32 Å². The Morgan fingerprint density at radius 1 is 1.40 bits per heavy atom. The van der Waals surface area contributed by atoms with Gasteiger partial charge in [-0.15, -0.1) is 12.4 Å². The third kappa shape index (κ3) is 4.40. The number of hydrogen-bond donors (Lipinski definition) is 3. The first kappa shape index (κ1) is 18.2. The molecular weight excluding hydrogens is 282 g/mol. The summed E-state index contributed by atoms with van der Waals surface area (Å²) in [5, 5.41) is 5.21. The largest absolute Gasteiger partial charge is 0.497 e. The number of halogens is 1. The molecule has 1 rings (SSSR count). The van der Waals surface area contributed by atoms with Crippen molar-refractivity contribution < 1.29 is 14.3 Å². The molecule has 112 valence electrons. The van der Waals surface area contributed by atoms with Gasteiger partial charge in [0.2, 0.25) is 5.91 Å². The van der Waals surface area contributed by atoms with E-state index in [-0.39, 0.29) is 36.7 Å². The summed E-state index contributed by atoms with van der Waals surface area (Å²) in [4.78, 5) is 23.6. The quantitative estimate of drug-likeness (QED) is 0.756. The molecule has 1 unspecified atom stereocenters. The molecule has 7 heteroatoms. The van der Waals surface area contributed by atoms with Crippen LogP contribution in [0.1, 0.15) is 17.3 Å². The van der Waals surface area contributed by atoms with E-state index < -0.39 is 0 Å². The number of benzene rings is 1. The zero-order chi connectivity index (χ0) is 14.4. The topological polar surface area (TPSA) is 93.5 Å². The highest BCUT2D eigenvalue weighted by Crippen LogP contribution is 2.22. The van der Waals surface area contributed by atoms with Gasteiger partial charge in [-0.25, -0.2) is 0 Å². The Hall–Kier alpha value is -1.79. The number of methoxy groups -OCH3 is 1. The van der Waals surface area contributed by atoms with E-state index in [1.165, 1.54) is 14.2 Å². The maximum atomic E-state index is 11.8. The number of rotatable bonds is 5. The standard InChI is InChI=1S/C13H19N3O3.ClH/c1-8(7-14)12(17)16-11-5-4-9(19-3)6-10(11)13(18)15-2;/h4-6,8H,7,14H2,1-3H3,(H,15,18)(H,16,17);1H. The number of anilines is 1. The fourth-order valence-electron chi connectivity index (χ4n) is 1.44. The van der Waals surface area contributed by atoms with Crippen LogP contribution >= 0.6 is 12.4 Å². The van der Waals surface area contributed by atoms with Crippen LogP contribution in [0.15, 0.2) is 18.2 Å². The van der Waals surface area contributed by atoms with E-state index >= 15 is 0 Å². The average Bonchev–Trinajstić information content (AvgIpc) is 2.45. The van der Waals surface area contributed by atoms with E-state index in [1.807, 2.05) is 0 Å². The van der Waals surface area contributed by atoms with Gasteiger partial charge in [0, 0.05) is 19.5 Å². The van der Waals surface area contributed by atoms with Crippen LogP contribution in [0, 0.1) is 5.92 Å². The maximum absolute atomic E-state index is 11.8. The van der Waals surface area contributed by atoms with Crippen molar-refractivity contribution in [2.75, 3.05) is 26.0 Å². The van der Waals surface area contributed by atoms with Crippen LogP contribution < -0.4 is 21.1 Å². The summed E-state index contributed by atoms with van der Waals surface area (Å²) in [7, 11) is 3.04. The number of amides is 2. The summed E-state index contributed by atoms with van der Waals surface area (Å²) in [6.45, 7) is 1.97. The zero-order valence-electron chi connectivity index (χ0n) is 11.7. The van der Waals surface area contributed by atoms with E-state index in [9.17, 15) is 9.59 Å². The highest BCUT2D eigenvalue weighted by Gasteiger charge is 2.16. The summed E-state index contributed by atoms with van der Waals surface area (Å²) >= 11 is 0. The van der Waals surface area contributed by atoms with Gasteiger partial charge in [-0.2, -0.15) is 0 Å². The fourth-order valence-corrected chi connectivity index (χ4v) is 1.44. The third-order valence-corrected chi connectivity index (χ3v) is 2.76. The lowest BCUT2D eigenvalue weighted by Gasteiger charge is -2.14. The molecule has 1 aromatic carbocycles. The number of nitrogens with one attached hydrogen (secondary N) is 2. The second-order valence-corrected chi connectivity index (χ2v) is 4.12. The Kier molecular flexibility index (Phi) is 7.64. The molecule has 0 aromatic heterocycles. The first-order valence-corrected chi connectivity index (χ1v) is 5.94. The average molecular weight is 302 g/mol. The molecule has 0 radical (unpaired) electrons. The Labute approximate surface area is 124 Å². The molecule has 1 aromatic rings. The molecule has 20 heavy (non-hydrogen) atoms. The van der Waals surface area contributed by atoms with Crippen LogP contribution in [0.3, 0.4) is 0 Å². The van der Waals surface area contributed by atoms with Crippen LogP contribution in [-0.2, 0) is 4.79 Å². The second-order valence-electron chi connectivity index (χ2n) is 4.12. The Morgan fingerprint density at radius 3 is 2.55 bits per heavy atom. The Bertz CT molecular complexity index is 480. The molecular formula is C13H20ClN3O3. The summed E-state index contributed by atoms with van der Waals surface area (Å²) in [6.07, 6.45) is 0. The van der Waals surface area contributed by atoms with Crippen LogP contribution in [0.2, 0.25) is 0 Å². The van der Waals surface area contributed by atoms with E-state index in [1.54, 1.807) is 25.1 Å². The van der Waals surface area contributed by atoms with Crippen molar-refractivity contribution in [2.24, 2.45) is 11.7 Å². The van der Waals surface area contributed by atoms with Crippen molar-refractivity contribution in [1.29, 1.82) is 0 Å². The smallest absolute Gasteiger partial charge is 0.253 e. The number of carbonyl (C=O) groups is 2. The normalized spacial score (nSPS) is 11.0. The lowest BCUT2D eigenvalue weighted by atomic mass is 10.1. The van der Waals surface area contributed by atoms with Gasteiger partial charge >= 0.3 is 0 Å². The molecule has 1 atom stereocenters. The Balaban J connectivity index is 0.00000361. The van der Waals surface area contributed by atoms with Gasteiger partial charge in [0.25, 0.3) is 5.91 Å². The number of ether oxygens (including phenoxy) is 1. The van der Waals surface area contributed by atoms with Gasteiger partial charge in [0.05, 0.1) is 18.4 Å². The minimum absolute atomic E-state index is 0. The molecule has 0 heterocycles. The molecule has 6 nitrogen and oxygen atoms in total. The van der Waals surface area contributed by atoms with E-state index in [2.05, 4.69) is 10.6 Å². The highest BCUT2D eigenvalue weighted by molar-refractivity contribution is 6.04. The minimum atomic E-state index is -0.320. The van der Waals surface area contributed by atoms with Crippen molar-refractivity contribution in [2.45, 2.75) is 6.92 Å². The van der Waals surface area contributed by atoms with Crippen molar-refractivity contribution >= 4 is 29.9 Å². The van der Waals surface area contributed by atoms with E-state index in [0.29, 0.717) is 17.0 Å². The van der Waals surface area contributed by atoms with Crippen molar-refractivity contribution in [3.8, 4) is 5.75 Å². The van der Waals surface area contributed by atoms with E-state index in [4.69, 9.17) is 10.5 Å². The molecule has 0 bridgehead atoms. The zero-order valence-corrected chi connectivity index (χ0v) is 12.5. The van der Waals surface area contributed by atoms with Crippen LogP contribution in [-0.4, -0.2) is 32.5 Å². The summed E-state index contributed by atoms with van der Waals surface area (Å²) in [6, 6.07) is 4.88. The molecule has 2 amide bonds. The van der Waals surface area contributed by atoms with Gasteiger partial charge in [0.1, 0.15) is 5.75 Å². The molecule has 0 aliphatic carbocycles. The predicted molar refractivity (Wildman–Crippen MR) is 80.5 cm³/mol. The lowest BCUT2D eigenvalue weighted by Crippen LogP contribution is -2.28. The molecule has 0 saturated heterocycles. The summed E-state index contributed by atoms with van der Waals surface area (Å²) in [5.41, 5.74) is 6.22. The molecule has 0 spiro atoms. The third-order valence-electron chi connectivity index (χ3n) is 2.76.